The molecule has 0 aliphatic rings. The minimum absolute atomic E-state index is 0.0580. The first-order valence-corrected chi connectivity index (χ1v) is 8.86. The van der Waals surface area contributed by atoms with Gasteiger partial charge >= 0.3 is 5.97 Å². The van der Waals surface area contributed by atoms with Crippen LogP contribution in [0.3, 0.4) is 0 Å². The molecule has 0 atom stereocenters. The Bertz CT molecular complexity index is 817. The van der Waals surface area contributed by atoms with Crippen molar-refractivity contribution in [2.75, 3.05) is 19.8 Å². The van der Waals surface area contributed by atoms with E-state index in [1.54, 1.807) is 13.0 Å². The summed E-state index contributed by atoms with van der Waals surface area (Å²) in [5.74, 6) is 0.192. The molecule has 25 heavy (non-hydrogen) atoms. The van der Waals surface area contributed by atoms with Crippen molar-refractivity contribution in [3.05, 3.63) is 20.7 Å². The Balaban J connectivity index is 2.58. The Labute approximate surface area is 160 Å². The van der Waals surface area contributed by atoms with Crippen LogP contribution in [0, 0.1) is 11.3 Å². The number of nitrogens with one attached hydrogen (secondary N) is 1. The summed E-state index contributed by atoms with van der Waals surface area (Å²) in [6.07, 6.45) is 0. The smallest absolute Gasteiger partial charge is 0.361 e. The van der Waals surface area contributed by atoms with Crippen LogP contribution in [0.5, 0.6) is 11.5 Å². The third-order valence-electron chi connectivity index (χ3n) is 2.98. The van der Waals surface area contributed by atoms with Gasteiger partial charge in [0.15, 0.2) is 23.8 Å². The summed E-state index contributed by atoms with van der Waals surface area (Å²) in [6, 6.07) is 3.57. The molecule has 2 rings (SSSR count). The van der Waals surface area contributed by atoms with Gasteiger partial charge in [0.05, 0.1) is 17.7 Å². The van der Waals surface area contributed by atoms with Crippen LogP contribution >= 0.6 is 31.9 Å². The van der Waals surface area contributed by atoms with Crippen LogP contribution in [0.1, 0.15) is 24.3 Å². The van der Waals surface area contributed by atoms with Crippen molar-refractivity contribution in [3.63, 3.8) is 0 Å². The molecule has 0 amide bonds. The molecule has 0 saturated heterocycles. The van der Waals surface area contributed by atoms with Gasteiger partial charge in [0.1, 0.15) is 11.8 Å². The molecular formula is C15H14Br2N4O4. The molecule has 0 saturated carbocycles. The highest BCUT2D eigenvalue weighted by Gasteiger charge is 2.25. The third-order valence-corrected chi connectivity index (χ3v) is 5.09. The van der Waals surface area contributed by atoms with Crippen LogP contribution in [0.2, 0.25) is 0 Å². The summed E-state index contributed by atoms with van der Waals surface area (Å²) in [7, 11) is 0. The number of H-pyrrole nitrogens is 1. The monoisotopic (exact) mass is 472 g/mol. The van der Waals surface area contributed by atoms with Crippen LogP contribution in [-0.2, 0) is 4.74 Å². The summed E-state index contributed by atoms with van der Waals surface area (Å²) in [6.45, 7) is 4.01. The van der Waals surface area contributed by atoms with E-state index < -0.39 is 5.97 Å². The number of carbonyl (C=O) groups excluding carboxylic acids is 1. The molecule has 0 radical (unpaired) electrons. The Morgan fingerprint density at radius 2 is 2.00 bits per heavy atom. The highest BCUT2D eigenvalue weighted by molar-refractivity contribution is 9.13. The van der Waals surface area contributed by atoms with Gasteiger partial charge in [-0.3, -0.25) is 0 Å². The Kier molecular flexibility index (Phi) is 6.78. The zero-order valence-corrected chi connectivity index (χ0v) is 16.6. The lowest BCUT2D eigenvalue weighted by Gasteiger charge is -2.15. The van der Waals surface area contributed by atoms with Crippen molar-refractivity contribution >= 4 is 37.8 Å². The zero-order chi connectivity index (χ0) is 18.4. The van der Waals surface area contributed by atoms with Gasteiger partial charge in [0.2, 0.25) is 0 Å². The van der Waals surface area contributed by atoms with E-state index in [0.29, 0.717) is 38.3 Å². The topological polar surface area (TPSA) is 110 Å². The molecule has 1 heterocycles. The summed E-state index contributed by atoms with van der Waals surface area (Å²) in [4.78, 5) is 12.1. The van der Waals surface area contributed by atoms with Crippen LogP contribution in [0.15, 0.2) is 15.0 Å². The van der Waals surface area contributed by atoms with Crippen molar-refractivity contribution in [2.24, 2.45) is 0 Å². The van der Waals surface area contributed by atoms with Gasteiger partial charge in [-0.15, -0.1) is 5.10 Å². The molecule has 0 fully saturated rings. The van der Waals surface area contributed by atoms with Gasteiger partial charge in [-0.25, -0.2) is 4.79 Å². The molecule has 8 nitrogen and oxygen atoms in total. The Hall–Kier alpha value is -2.12. The summed E-state index contributed by atoms with van der Waals surface area (Å²) >= 11 is 6.88. The van der Waals surface area contributed by atoms with Crippen LogP contribution in [0.25, 0.3) is 11.3 Å². The number of carbonyl (C=O) groups is 1. The van der Waals surface area contributed by atoms with Crippen molar-refractivity contribution in [1.82, 2.24) is 15.4 Å². The number of hydrogen-bond donors (Lipinski definition) is 1. The van der Waals surface area contributed by atoms with Gasteiger partial charge in [-0.2, -0.15) is 15.6 Å². The minimum atomic E-state index is -0.586. The average molecular weight is 474 g/mol. The zero-order valence-electron chi connectivity index (χ0n) is 13.4. The van der Waals surface area contributed by atoms with Gasteiger partial charge in [-0.1, -0.05) is 0 Å². The van der Waals surface area contributed by atoms with Crippen LogP contribution in [-0.4, -0.2) is 41.2 Å². The van der Waals surface area contributed by atoms with E-state index in [4.69, 9.17) is 19.5 Å². The molecule has 1 aromatic carbocycles. The van der Waals surface area contributed by atoms with Crippen molar-refractivity contribution in [1.29, 1.82) is 5.26 Å². The van der Waals surface area contributed by atoms with Gasteiger partial charge in [0, 0.05) is 10.0 Å². The van der Waals surface area contributed by atoms with E-state index in [9.17, 15) is 4.79 Å². The van der Waals surface area contributed by atoms with Gasteiger partial charge in [0.25, 0.3) is 0 Å². The quantitative estimate of drug-likeness (QED) is 0.612. The first-order valence-electron chi connectivity index (χ1n) is 7.27. The molecule has 0 bridgehead atoms. The summed E-state index contributed by atoms with van der Waals surface area (Å²) in [5, 5.41) is 19.1. The number of ether oxygens (including phenoxy) is 3. The SMILES string of the molecule is CCOC(=O)c1n[nH]nc1-c1cc(OCC)c(OCC#N)c(Br)c1Br. The number of rotatable bonds is 7. The fourth-order valence-electron chi connectivity index (χ4n) is 2.02. The van der Waals surface area contributed by atoms with E-state index in [0.717, 1.165) is 0 Å². The minimum Gasteiger partial charge on any atom is -0.490 e. The van der Waals surface area contributed by atoms with Gasteiger partial charge < -0.3 is 14.2 Å². The molecule has 2 aromatic rings. The second-order valence-electron chi connectivity index (χ2n) is 4.50. The lowest BCUT2D eigenvalue weighted by Crippen LogP contribution is -2.07. The number of esters is 1. The van der Waals surface area contributed by atoms with Crippen LogP contribution < -0.4 is 9.47 Å². The fourth-order valence-corrected chi connectivity index (χ4v) is 3.03. The molecule has 1 N–H and O–H groups in total. The highest BCUT2D eigenvalue weighted by atomic mass is 79.9. The van der Waals surface area contributed by atoms with Crippen LogP contribution in [0.4, 0.5) is 0 Å². The second kappa shape index (κ2) is 8.82. The average Bonchev–Trinajstić information content (AvgIpc) is 3.07. The number of nitriles is 1. The number of nitrogens with zero attached hydrogens (tertiary/aromatic N) is 3. The maximum Gasteiger partial charge on any atom is 0.361 e. The van der Waals surface area contributed by atoms with E-state index in [2.05, 4.69) is 47.3 Å². The first-order chi connectivity index (χ1) is 12.0. The van der Waals surface area contributed by atoms with Crippen molar-refractivity contribution < 1.29 is 19.0 Å². The number of aromatic amines is 1. The Morgan fingerprint density at radius 1 is 1.24 bits per heavy atom. The van der Waals surface area contributed by atoms with E-state index in [1.807, 2.05) is 13.0 Å². The molecule has 0 aliphatic carbocycles. The molecule has 0 aliphatic heterocycles. The molecule has 1 aromatic heterocycles. The molecular weight excluding hydrogens is 460 g/mol. The fraction of sp³-hybridized carbons (Fsp3) is 0.333. The summed E-state index contributed by atoms with van der Waals surface area (Å²) < 4.78 is 17.1. The standard InChI is InChI=1S/C15H14Br2N4O4/c1-3-23-9-7-8(10(16)11(17)14(9)25-6-5-18)12-13(20-21-19-12)15(22)24-4-2/h7H,3-4,6H2,1-2H3,(H,19,20,21). The summed E-state index contributed by atoms with van der Waals surface area (Å²) in [5.41, 5.74) is 0.915. The number of halogens is 2. The van der Waals surface area contributed by atoms with E-state index >= 15 is 0 Å². The number of aromatic nitrogens is 3. The Morgan fingerprint density at radius 3 is 2.64 bits per heavy atom. The van der Waals surface area contributed by atoms with Crippen molar-refractivity contribution in [3.8, 4) is 28.8 Å². The predicted molar refractivity (Wildman–Crippen MR) is 95.5 cm³/mol. The normalized spacial score (nSPS) is 10.2. The molecule has 10 heteroatoms. The number of hydrogen-bond acceptors (Lipinski definition) is 7. The third kappa shape index (κ3) is 4.11. The second-order valence-corrected chi connectivity index (χ2v) is 6.09. The van der Waals surface area contributed by atoms with E-state index in [-0.39, 0.29) is 18.9 Å². The van der Waals surface area contributed by atoms with Crippen molar-refractivity contribution in [2.45, 2.75) is 13.8 Å². The molecule has 0 unspecified atom stereocenters. The number of benzene rings is 1. The van der Waals surface area contributed by atoms with E-state index in [1.165, 1.54) is 0 Å². The maximum atomic E-state index is 12.1. The highest BCUT2D eigenvalue weighted by Crippen LogP contribution is 2.46. The largest absolute Gasteiger partial charge is 0.490 e. The van der Waals surface area contributed by atoms with Gasteiger partial charge in [-0.05, 0) is 51.8 Å². The lowest BCUT2D eigenvalue weighted by molar-refractivity contribution is 0.0520. The predicted octanol–water partition coefficient (Wildman–Crippen LogP) is 3.47. The molecule has 132 valence electrons. The first kappa shape index (κ1) is 19.2. The molecule has 0 spiro atoms. The lowest BCUT2D eigenvalue weighted by atomic mass is 10.1. The maximum absolute atomic E-state index is 12.1.